The van der Waals surface area contributed by atoms with Gasteiger partial charge in [-0.3, -0.25) is 9.59 Å². The van der Waals surface area contributed by atoms with Gasteiger partial charge in [0.25, 0.3) is 11.8 Å². The molecule has 3 aromatic rings. The molecule has 0 atom stereocenters. The lowest BCUT2D eigenvalue weighted by Crippen LogP contribution is -2.16. The lowest BCUT2D eigenvalue weighted by Gasteiger charge is -2.12. The minimum absolute atomic E-state index is 0.172. The number of hydrogen-bond donors (Lipinski definition) is 4. The van der Waals surface area contributed by atoms with Crippen molar-refractivity contribution < 1.29 is 19.8 Å². The fourth-order valence-corrected chi connectivity index (χ4v) is 2.70. The van der Waals surface area contributed by atoms with Crippen LogP contribution in [0.2, 0.25) is 10.0 Å². The van der Waals surface area contributed by atoms with Crippen LogP contribution in [0.25, 0.3) is 0 Å². The number of amides is 2. The Labute approximate surface area is 170 Å². The Bertz CT molecular complexity index is 1040. The molecule has 3 rings (SSSR count). The first-order valence-corrected chi connectivity index (χ1v) is 8.79. The number of benzene rings is 3. The van der Waals surface area contributed by atoms with Gasteiger partial charge in [-0.25, -0.2) is 0 Å². The molecule has 0 saturated heterocycles. The first-order chi connectivity index (χ1) is 13.3. The van der Waals surface area contributed by atoms with Crippen LogP contribution in [0.5, 0.6) is 11.5 Å². The van der Waals surface area contributed by atoms with E-state index in [1.54, 1.807) is 48.5 Å². The second kappa shape index (κ2) is 8.21. The van der Waals surface area contributed by atoms with E-state index in [2.05, 4.69) is 10.6 Å². The van der Waals surface area contributed by atoms with Gasteiger partial charge in [0, 0.05) is 21.4 Å². The molecule has 4 N–H and O–H groups in total. The molecule has 8 heteroatoms. The highest BCUT2D eigenvalue weighted by Crippen LogP contribution is 2.32. The fraction of sp³-hybridized carbons (Fsp3) is 0. The number of aromatic hydroxyl groups is 2. The smallest absolute Gasteiger partial charge is 0.263 e. The Balaban J connectivity index is 1.86. The number of anilines is 2. The first-order valence-electron chi connectivity index (χ1n) is 8.04. The Morgan fingerprint density at radius 1 is 0.679 bits per heavy atom. The molecule has 0 aliphatic heterocycles. The highest BCUT2D eigenvalue weighted by molar-refractivity contribution is 6.31. The molecule has 0 radical (unpaired) electrons. The standard InChI is InChI=1S/C20H14Cl2N2O4/c21-11-1-5-13(6-2-11)23-19(27)15-9-10-16(25)17(18(15)26)20(28)24-14-7-3-12(22)4-8-14/h1-10,25-26H,(H,23,27)(H,24,28). The Kier molecular flexibility index (Phi) is 5.73. The molecule has 0 fully saturated rings. The molecule has 142 valence electrons. The zero-order valence-corrected chi connectivity index (χ0v) is 15.8. The van der Waals surface area contributed by atoms with Crippen molar-refractivity contribution in [3.63, 3.8) is 0 Å². The van der Waals surface area contributed by atoms with Gasteiger partial charge in [0.15, 0.2) is 0 Å². The second-order valence-electron chi connectivity index (χ2n) is 5.78. The number of phenols is 2. The van der Waals surface area contributed by atoms with Crippen LogP contribution in [0.3, 0.4) is 0 Å². The van der Waals surface area contributed by atoms with Crippen molar-refractivity contribution in [3.05, 3.63) is 81.8 Å². The van der Waals surface area contributed by atoms with Gasteiger partial charge in [-0.1, -0.05) is 23.2 Å². The summed E-state index contributed by atoms with van der Waals surface area (Å²) in [6, 6.07) is 15.0. The lowest BCUT2D eigenvalue weighted by molar-refractivity contribution is 0.102. The van der Waals surface area contributed by atoms with Crippen LogP contribution in [0.1, 0.15) is 20.7 Å². The average Bonchev–Trinajstić information content (AvgIpc) is 2.65. The summed E-state index contributed by atoms with van der Waals surface area (Å²) >= 11 is 11.6. The van der Waals surface area contributed by atoms with Crippen molar-refractivity contribution >= 4 is 46.4 Å². The molecule has 0 saturated carbocycles. The monoisotopic (exact) mass is 416 g/mol. The van der Waals surface area contributed by atoms with E-state index < -0.39 is 28.9 Å². The van der Waals surface area contributed by atoms with Crippen molar-refractivity contribution in [2.45, 2.75) is 0 Å². The van der Waals surface area contributed by atoms with E-state index in [1.165, 1.54) is 6.07 Å². The van der Waals surface area contributed by atoms with Gasteiger partial charge in [0.1, 0.15) is 17.1 Å². The van der Waals surface area contributed by atoms with Crippen molar-refractivity contribution in [2.75, 3.05) is 10.6 Å². The number of hydrogen-bond acceptors (Lipinski definition) is 4. The summed E-state index contributed by atoms with van der Waals surface area (Å²) in [6.45, 7) is 0. The van der Waals surface area contributed by atoms with E-state index in [0.717, 1.165) is 6.07 Å². The third kappa shape index (κ3) is 4.36. The first kappa shape index (κ1) is 19.5. The highest BCUT2D eigenvalue weighted by Gasteiger charge is 2.23. The van der Waals surface area contributed by atoms with Crippen molar-refractivity contribution in [3.8, 4) is 11.5 Å². The van der Waals surface area contributed by atoms with Crippen LogP contribution >= 0.6 is 23.2 Å². The normalized spacial score (nSPS) is 10.4. The van der Waals surface area contributed by atoms with E-state index in [4.69, 9.17) is 23.2 Å². The maximum absolute atomic E-state index is 12.5. The van der Waals surface area contributed by atoms with Crippen molar-refractivity contribution in [1.29, 1.82) is 0 Å². The summed E-state index contributed by atoms with van der Waals surface area (Å²) in [5, 5.41) is 26.6. The molecule has 0 aromatic heterocycles. The van der Waals surface area contributed by atoms with Gasteiger partial charge in [0.05, 0.1) is 5.56 Å². The van der Waals surface area contributed by atoms with E-state index in [0.29, 0.717) is 21.4 Å². The molecule has 0 heterocycles. The fourth-order valence-electron chi connectivity index (χ4n) is 2.45. The Morgan fingerprint density at radius 2 is 1.14 bits per heavy atom. The molecule has 6 nitrogen and oxygen atoms in total. The number of carbonyl (C=O) groups excluding carboxylic acids is 2. The minimum atomic E-state index is -0.779. The average molecular weight is 417 g/mol. The van der Waals surface area contributed by atoms with E-state index >= 15 is 0 Å². The largest absolute Gasteiger partial charge is 0.507 e. The zero-order chi connectivity index (χ0) is 20.3. The van der Waals surface area contributed by atoms with Crippen LogP contribution in [0, 0.1) is 0 Å². The maximum Gasteiger partial charge on any atom is 0.263 e. The van der Waals surface area contributed by atoms with Gasteiger partial charge >= 0.3 is 0 Å². The molecule has 0 unspecified atom stereocenters. The molecule has 0 bridgehead atoms. The summed E-state index contributed by atoms with van der Waals surface area (Å²) in [4.78, 5) is 25.0. The van der Waals surface area contributed by atoms with Crippen LogP contribution in [0.4, 0.5) is 11.4 Å². The van der Waals surface area contributed by atoms with Gasteiger partial charge < -0.3 is 20.8 Å². The SMILES string of the molecule is O=C(Nc1ccc(Cl)cc1)c1ccc(O)c(C(=O)Nc2ccc(Cl)cc2)c1O. The number of carbonyl (C=O) groups is 2. The van der Waals surface area contributed by atoms with E-state index in [1.807, 2.05) is 0 Å². The predicted octanol–water partition coefficient (Wildman–Crippen LogP) is 4.91. The molecule has 0 aliphatic carbocycles. The molecule has 28 heavy (non-hydrogen) atoms. The van der Waals surface area contributed by atoms with Crippen LogP contribution in [0.15, 0.2) is 60.7 Å². The summed E-state index contributed by atoms with van der Waals surface area (Å²) < 4.78 is 0. The lowest BCUT2D eigenvalue weighted by atomic mass is 10.1. The second-order valence-corrected chi connectivity index (χ2v) is 6.65. The minimum Gasteiger partial charge on any atom is -0.507 e. The molecular formula is C20H14Cl2N2O4. The molecule has 2 amide bonds. The quantitative estimate of drug-likeness (QED) is 0.485. The van der Waals surface area contributed by atoms with E-state index in [9.17, 15) is 19.8 Å². The molecule has 3 aromatic carbocycles. The van der Waals surface area contributed by atoms with Gasteiger partial charge in [-0.05, 0) is 60.7 Å². The van der Waals surface area contributed by atoms with E-state index in [-0.39, 0.29) is 5.56 Å². The number of halogens is 2. The third-order valence-corrected chi connectivity index (χ3v) is 4.34. The van der Waals surface area contributed by atoms with Crippen LogP contribution in [-0.4, -0.2) is 22.0 Å². The molecular weight excluding hydrogens is 403 g/mol. The number of phenolic OH excluding ortho intramolecular Hbond substituents is 2. The Hall–Kier alpha value is -3.22. The maximum atomic E-state index is 12.5. The number of nitrogens with one attached hydrogen (secondary N) is 2. The van der Waals surface area contributed by atoms with Crippen LogP contribution < -0.4 is 10.6 Å². The van der Waals surface area contributed by atoms with Crippen LogP contribution in [-0.2, 0) is 0 Å². The third-order valence-electron chi connectivity index (χ3n) is 3.83. The van der Waals surface area contributed by atoms with Gasteiger partial charge in [-0.15, -0.1) is 0 Å². The summed E-state index contributed by atoms with van der Waals surface area (Å²) in [5.74, 6) is -2.54. The van der Waals surface area contributed by atoms with Crippen molar-refractivity contribution in [1.82, 2.24) is 0 Å². The van der Waals surface area contributed by atoms with Gasteiger partial charge in [0.2, 0.25) is 0 Å². The highest BCUT2D eigenvalue weighted by atomic mass is 35.5. The molecule has 0 aliphatic rings. The topological polar surface area (TPSA) is 98.7 Å². The number of rotatable bonds is 4. The predicted molar refractivity (Wildman–Crippen MR) is 109 cm³/mol. The van der Waals surface area contributed by atoms with Crippen molar-refractivity contribution in [2.24, 2.45) is 0 Å². The molecule has 0 spiro atoms. The Morgan fingerprint density at radius 3 is 1.64 bits per heavy atom. The summed E-state index contributed by atoms with van der Waals surface area (Å²) in [7, 11) is 0. The summed E-state index contributed by atoms with van der Waals surface area (Å²) in [5.41, 5.74) is 0.269. The zero-order valence-electron chi connectivity index (χ0n) is 14.2. The van der Waals surface area contributed by atoms with Gasteiger partial charge in [-0.2, -0.15) is 0 Å². The summed E-state index contributed by atoms with van der Waals surface area (Å²) in [6.07, 6.45) is 0.